The zero-order chi connectivity index (χ0) is 24.5. The van der Waals surface area contributed by atoms with Crippen molar-refractivity contribution in [3.8, 4) is 11.5 Å². The van der Waals surface area contributed by atoms with Crippen LogP contribution in [0.15, 0.2) is 78.4 Å². The number of carbonyl (C=O) groups is 2. The maximum absolute atomic E-state index is 10.7. The molecule has 0 heterocycles. The van der Waals surface area contributed by atoms with Crippen LogP contribution >= 0.6 is 0 Å². The Morgan fingerprint density at radius 2 is 1.12 bits per heavy atom. The molecule has 0 bridgehead atoms. The molecule has 2 aromatic rings. The minimum absolute atomic E-state index is 0.0573. The lowest BCUT2D eigenvalue weighted by Gasteiger charge is -2.15. The van der Waals surface area contributed by atoms with Gasteiger partial charge in [-0.25, -0.2) is 4.58 Å². The second kappa shape index (κ2) is 11.7. The molecule has 1 aliphatic carbocycles. The largest absolute Gasteiger partial charge is 0.493 e. The molecule has 0 saturated heterocycles. The number of hydrogen-bond donors (Lipinski definition) is 2. The van der Waals surface area contributed by atoms with Crippen molar-refractivity contribution in [1.82, 2.24) is 0 Å². The molecule has 7 heteroatoms. The summed E-state index contributed by atoms with van der Waals surface area (Å²) in [6, 6.07) is 15.1. The van der Waals surface area contributed by atoms with Gasteiger partial charge < -0.3 is 19.7 Å². The Bertz CT molecular complexity index is 1070. The third-order valence-corrected chi connectivity index (χ3v) is 5.13. The molecule has 0 spiro atoms. The van der Waals surface area contributed by atoms with Crippen LogP contribution in [0.5, 0.6) is 11.5 Å². The number of ether oxygens (including phenoxy) is 2. The van der Waals surface area contributed by atoms with E-state index in [0.29, 0.717) is 11.5 Å². The Labute approximate surface area is 198 Å². The summed E-state index contributed by atoms with van der Waals surface area (Å²) in [6.45, 7) is 0.223. The van der Waals surface area contributed by atoms with Gasteiger partial charge in [0, 0.05) is 12.2 Å². The number of nitrogens with zero attached hydrogens (tertiary/aromatic N) is 1. The van der Waals surface area contributed by atoms with E-state index in [4.69, 9.17) is 19.7 Å². The van der Waals surface area contributed by atoms with Crippen LogP contribution in [0.2, 0.25) is 0 Å². The molecule has 0 saturated carbocycles. The normalized spacial score (nSPS) is 12.4. The summed E-state index contributed by atoms with van der Waals surface area (Å²) in [5, 5.41) is 17.6. The first-order chi connectivity index (χ1) is 16.3. The Hall–Kier alpha value is -4.13. The van der Waals surface area contributed by atoms with Crippen molar-refractivity contribution in [3.05, 3.63) is 89.5 Å². The lowest BCUT2D eigenvalue weighted by Crippen LogP contribution is -2.10. The average Bonchev–Trinajstić information content (AvgIpc) is 2.81. The molecule has 3 rings (SSSR count). The van der Waals surface area contributed by atoms with Crippen LogP contribution in [0, 0.1) is 0 Å². The van der Waals surface area contributed by atoms with E-state index in [1.807, 2.05) is 67.2 Å². The fourth-order valence-corrected chi connectivity index (χ4v) is 3.37. The predicted octanol–water partition coefficient (Wildman–Crippen LogP) is 4.03. The fraction of sp³-hybridized carbons (Fsp3) is 0.222. The fourth-order valence-electron chi connectivity index (χ4n) is 3.37. The molecule has 0 aliphatic heterocycles. The average molecular weight is 463 g/mol. The van der Waals surface area contributed by atoms with Crippen LogP contribution in [0.4, 0.5) is 0 Å². The van der Waals surface area contributed by atoms with Gasteiger partial charge in [0.1, 0.15) is 25.6 Å². The molecule has 0 radical (unpaired) electrons. The summed E-state index contributed by atoms with van der Waals surface area (Å²) in [6.07, 6.45) is 8.14. The van der Waals surface area contributed by atoms with E-state index in [1.54, 1.807) is 0 Å². The van der Waals surface area contributed by atoms with Gasteiger partial charge in [-0.1, -0.05) is 24.3 Å². The van der Waals surface area contributed by atoms with Crippen LogP contribution in [0.3, 0.4) is 0 Å². The van der Waals surface area contributed by atoms with Crippen LogP contribution in [-0.2, 0) is 9.59 Å². The van der Waals surface area contributed by atoms with Crippen LogP contribution < -0.4 is 9.47 Å². The standard InChI is InChI=1S/C27H27NO6/c1-28(2)22-9-3-19(4-10-22)27(20-5-11-23(12-6-20)33-17-15-25(29)30)21-7-13-24(14-8-21)34-18-16-26(31)32/h3-14H,15-18H2,1-2H3,(H-,29,30,31,32)/p+1. The van der Waals surface area contributed by atoms with Crippen molar-refractivity contribution >= 4 is 23.2 Å². The Morgan fingerprint density at radius 1 is 0.706 bits per heavy atom. The van der Waals surface area contributed by atoms with E-state index in [1.165, 1.54) is 0 Å². The molecule has 2 aromatic carbocycles. The zero-order valence-electron chi connectivity index (χ0n) is 19.2. The third-order valence-electron chi connectivity index (χ3n) is 5.13. The third kappa shape index (κ3) is 6.93. The topological polar surface area (TPSA) is 96.1 Å². The molecule has 1 aliphatic rings. The lowest BCUT2D eigenvalue weighted by atomic mass is 9.90. The molecule has 34 heavy (non-hydrogen) atoms. The second-order valence-corrected chi connectivity index (χ2v) is 7.85. The summed E-state index contributed by atoms with van der Waals surface area (Å²) in [4.78, 5) is 21.4. The van der Waals surface area contributed by atoms with Crippen molar-refractivity contribution in [1.29, 1.82) is 0 Å². The molecule has 0 atom stereocenters. The first-order valence-corrected chi connectivity index (χ1v) is 10.9. The SMILES string of the molecule is C[N+](C)=C1C=CC(=C(c2ccc(OCCC(=O)O)cc2)c2ccc(OCCC(=O)O)cc2)C=C1. The highest BCUT2D eigenvalue weighted by molar-refractivity contribution is 6.03. The molecule has 0 amide bonds. The van der Waals surface area contributed by atoms with Crippen molar-refractivity contribution in [3.63, 3.8) is 0 Å². The summed E-state index contributed by atoms with van der Waals surface area (Å²) in [7, 11) is 3.98. The van der Waals surface area contributed by atoms with Gasteiger partial charge >= 0.3 is 11.9 Å². The summed E-state index contributed by atoms with van der Waals surface area (Å²) >= 11 is 0. The van der Waals surface area contributed by atoms with Gasteiger partial charge in [0.05, 0.1) is 26.1 Å². The van der Waals surface area contributed by atoms with E-state index in [2.05, 4.69) is 24.3 Å². The number of aliphatic carboxylic acids is 2. The van der Waals surface area contributed by atoms with E-state index < -0.39 is 11.9 Å². The molecular weight excluding hydrogens is 434 g/mol. The smallest absolute Gasteiger partial charge is 0.306 e. The van der Waals surface area contributed by atoms with E-state index in [-0.39, 0.29) is 26.1 Å². The zero-order valence-corrected chi connectivity index (χ0v) is 19.2. The highest BCUT2D eigenvalue weighted by atomic mass is 16.5. The summed E-state index contributed by atoms with van der Waals surface area (Å²) in [5.74, 6) is -0.587. The van der Waals surface area contributed by atoms with Crippen LogP contribution in [-0.4, -0.2) is 59.7 Å². The minimum Gasteiger partial charge on any atom is -0.493 e. The first-order valence-electron chi connectivity index (χ1n) is 10.9. The number of carboxylic acids is 2. The number of benzene rings is 2. The highest BCUT2D eigenvalue weighted by Crippen LogP contribution is 2.32. The Morgan fingerprint density at radius 3 is 1.47 bits per heavy atom. The van der Waals surface area contributed by atoms with E-state index >= 15 is 0 Å². The quantitative estimate of drug-likeness (QED) is 0.518. The Balaban J connectivity index is 1.90. The molecule has 0 aromatic heterocycles. The second-order valence-electron chi connectivity index (χ2n) is 7.85. The maximum atomic E-state index is 10.7. The van der Waals surface area contributed by atoms with E-state index in [0.717, 1.165) is 28.0 Å². The monoisotopic (exact) mass is 462 g/mol. The van der Waals surface area contributed by atoms with Crippen molar-refractivity contribution in [2.75, 3.05) is 27.3 Å². The number of hydrogen-bond acceptors (Lipinski definition) is 4. The number of rotatable bonds is 10. The van der Waals surface area contributed by atoms with Gasteiger partial charge in [-0.05, 0) is 58.7 Å². The highest BCUT2D eigenvalue weighted by Gasteiger charge is 2.14. The molecule has 0 fully saturated rings. The molecule has 7 nitrogen and oxygen atoms in total. The van der Waals surface area contributed by atoms with Gasteiger partial charge in [-0.2, -0.15) is 0 Å². The van der Waals surface area contributed by atoms with Crippen molar-refractivity contribution in [2.45, 2.75) is 12.8 Å². The molecule has 176 valence electrons. The number of allylic oxidation sites excluding steroid dienone is 5. The summed E-state index contributed by atoms with van der Waals surface area (Å²) < 4.78 is 13.1. The summed E-state index contributed by atoms with van der Waals surface area (Å²) in [5.41, 5.74) is 5.09. The van der Waals surface area contributed by atoms with Crippen LogP contribution in [0.1, 0.15) is 24.0 Å². The van der Waals surface area contributed by atoms with Gasteiger partial charge in [-0.3, -0.25) is 9.59 Å². The van der Waals surface area contributed by atoms with Crippen molar-refractivity contribution in [2.24, 2.45) is 0 Å². The van der Waals surface area contributed by atoms with E-state index in [9.17, 15) is 9.59 Å². The maximum Gasteiger partial charge on any atom is 0.306 e. The lowest BCUT2D eigenvalue weighted by molar-refractivity contribution is -0.462. The van der Waals surface area contributed by atoms with Crippen molar-refractivity contribution < 1.29 is 33.9 Å². The molecule has 2 N–H and O–H groups in total. The molecular formula is C27H28NO6+. The van der Waals surface area contributed by atoms with Gasteiger partial charge in [0.15, 0.2) is 5.71 Å². The van der Waals surface area contributed by atoms with Gasteiger partial charge in [-0.15, -0.1) is 0 Å². The van der Waals surface area contributed by atoms with Gasteiger partial charge in [0.2, 0.25) is 0 Å². The molecule has 0 unspecified atom stereocenters. The van der Waals surface area contributed by atoms with Crippen LogP contribution in [0.25, 0.3) is 5.57 Å². The Kier molecular flexibility index (Phi) is 8.40. The van der Waals surface area contributed by atoms with Gasteiger partial charge in [0.25, 0.3) is 0 Å². The first kappa shape index (κ1) is 24.5. The minimum atomic E-state index is -0.899. The predicted molar refractivity (Wildman–Crippen MR) is 130 cm³/mol. The number of carboxylic acid groups (broad SMARTS) is 2.